The molecule has 3 rings (SSSR count). The van der Waals surface area contributed by atoms with Gasteiger partial charge in [-0.05, 0) is 23.5 Å². The molecular weight excluding hydrogens is 218 g/mol. The van der Waals surface area contributed by atoms with Gasteiger partial charge in [-0.2, -0.15) is 0 Å². The van der Waals surface area contributed by atoms with Crippen LogP contribution >= 0.6 is 0 Å². The van der Waals surface area contributed by atoms with Crippen LogP contribution in [0.15, 0.2) is 24.3 Å². The maximum Gasteiger partial charge on any atom is 0.0485 e. The Balaban J connectivity index is 2.47. The molecule has 2 aromatic rings. The number of rotatable bonds is 0. The molecule has 0 aliphatic carbocycles. The van der Waals surface area contributed by atoms with E-state index in [1.54, 1.807) is 11.3 Å². The second-order valence-corrected chi connectivity index (χ2v) is 7.28. The van der Waals surface area contributed by atoms with Gasteiger partial charge in [-0.15, -0.1) is 0 Å². The Bertz CT molecular complexity index is 608. The van der Waals surface area contributed by atoms with Crippen LogP contribution in [-0.2, 0) is 17.4 Å². The summed E-state index contributed by atoms with van der Waals surface area (Å²) in [6.07, 6.45) is 1.26. The van der Waals surface area contributed by atoms with Gasteiger partial charge in [0.25, 0.3) is 0 Å². The summed E-state index contributed by atoms with van der Waals surface area (Å²) in [7, 11) is 0. The van der Waals surface area contributed by atoms with E-state index < -0.39 is 0 Å². The van der Waals surface area contributed by atoms with E-state index in [0.717, 1.165) is 0 Å². The van der Waals surface area contributed by atoms with Crippen LogP contribution in [0.3, 0.4) is 0 Å². The molecule has 18 heavy (non-hydrogen) atoms. The van der Waals surface area contributed by atoms with Gasteiger partial charge in [0, 0.05) is 28.6 Å². The van der Waals surface area contributed by atoms with Crippen LogP contribution in [0, 0.1) is 0 Å². The molecular formula is C17H23N. The number of benzene rings is 1. The average molecular weight is 241 g/mol. The zero-order valence-electron chi connectivity index (χ0n) is 12.2. The quantitative estimate of drug-likeness (QED) is 0.634. The highest BCUT2D eigenvalue weighted by Gasteiger charge is 2.38. The normalized spacial score (nSPS) is 18.3. The first kappa shape index (κ1) is 11.8. The monoisotopic (exact) mass is 241 g/mol. The molecule has 0 saturated heterocycles. The second kappa shape index (κ2) is 3.40. The Morgan fingerprint density at radius 1 is 1.11 bits per heavy atom. The molecule has 0 radical (unpaired) electrons. The fourth-order valence-corrected chi connectivity index (χ4v) is 3.51. The molecule has 1 aromatic carbocycles. The van der Waals surface area contributed by atoms with Gasteiger partial charge in [-0.25, -0.2) is 0 Å². The second-order valence-electron chi connectivity index (χ2n) is 7.28. The van der Waals surface area contributed by atoms with Crippen molar-refractivity contribution in [1.29, 1.82) is 0 Å². The molecule has 1 aromatic heterocycles. The summed E-state index contributed by atoms with van der Waals surface area (Å²) < 4.78 is 2.55. The molecule has 0 N–H and O–H groups in total. The minimum atomic E-state index is 0.210. The van der Waals surface area contributed by atoms with Crippen LogP contribution in [0.1, 0.15) is 52.3 Å². The first-order chi connectivity index (χ1) is 8.32. The zero-order chi connectivity index (χ0) is 13.1. The molecule has 2 heterocycles. The van der Waals surface area contributed by atoms with E-state index in [0.29, 0.717) is 5.41 Å². The van der Waals surface area contributed by atoms with Crippen LogP contribution in [0.25, 0.3) is 10.9 Å². The summed E-state index contributed by atoms with van der Waals surface area (Å²) in [6.45, 7) is 13.0. The molecule has 0 saturated carbocycles. The van der Waals surface area contributed by atoms with Crippen molar-refractivity contribution in [3.63, 3.8) is 0 Å². The minimum absolute atomic E-state index is 0.210. The third-order valence-electron chi connectivity index (χ3n) is 4.32. The molecule has 1 heteroatoms. The van der Waals surface area contributed by atoms with Crippen molar-refractivity contribution in [3.05, 3.63) is 35.5 Å². The summed E-state index contributed by atoms with van der Waals surface area (Å²) >= 11 is 0. The average Bonchev–Trinajstić information content (AvgIpc) is 2.74. The predicted molar refractivity (Wildman–Crippen MR) is 78.3 cm³/mol. The molecule has 0 atom stereocenters. The smallest absolute Gasteiger partial charge is 0.0485 e. The molecule has 0 spiro atoms. The molecule has 0 fully saturated rings. The van der Waals surface area contributed by atoms with Crippen molar-refractivity contribution in [1.82, 2.24) is 4.57 Å². The van der Waals surface area contributed by atoms with Gasteiger partial charge in [0.1, 0.15) is 0 Å². The van der Waals surface area contributed by atoms with Crippen LogP contribution in [0.5, 0.6) is 0 Å². The maximum absolute atomic E-state index is 2.55. The molecule has 96 valence electrons. The Morgan fingerprint density at radius 2 is 1.78 bits per heavy atom. The van der Waals surface area contributed by atoms with E-state index in [4.69, 9.17) is 0 Å². The van der Waals surface area contributed by atoms with Gasteiger partial charge in [0.15, 0.2) is 0 Å². The van der Waals surface area contributed by atoms with Crippen LogP contribution < -0.4 is 0 Å². The number of aromatic nitrogens is 1. The number of hydrogen-bond donors (Lipinski definition) is 0. The first-order valence-corrected chi connectivity index (χ1v) is 6.94. The Hall–Kier alpha value is -1.24. The van der Waals surface area contributed by atoms with E-state index in [1.807, 2.05) is 0 Å². The summed E-state index contributed by atoms with van der Waals surface area (Å²) in [5, 5.41) is 1.45. The predicted octanol–water partition coefficient (Wildman–Crippen LogP) is 4.62. The summed E-state index contributed by atoms with van der Waals surface area (Å²) in [6, 6.07) is 8.89. The van der Waals surface area contributed by atoms with Gasteiger partial charge in [-0.1, -0.05) is 52.8 Å². The van der Waals surface area contributed by atoms with Crippen molar-refractivity contribution in [2.75, 3.05) is 0 Å². The third kappa shape index (κ3) is 1.46. The minimum Gasteiger partial charge on any atom is -0.344 e. The number of nitrogens with zero attached hydrogens (tertiary/aromatic N) is 1. The molecule has 1 aliphatic rings. The Labute approximate surface area is 110 Å². The molecule has 1 nitrogen and oxygen atoms in total. The van der Waals surface area contributed by atoms with Crippen LogP contribution in [0.2, 0.25) is 0 Å². The van der Waals surface area contributed by atoms with E-state index in [2.05, 4.69) is 63.5 Å². The van der Waals surface area contributed by atoms with Gasteiger partial charge < -0.3 is 4.57 Å². The largest absolute Gasteiger partial charge is 0.344 e. The van der Waals surface area contributed by atoms with E-state index in [9.17, 15) is 0 Å². The molecule has 0 bridgehead atoms. The topological polar surface area (TPSA) is 4.93 Å². The summed E-state index contributed by atoms with van der Waals surface area (Å²) in [4.78, 5) is 0. The van der Waals surface area contributed by atoms with Gasteiger partial charge in [0.05, 0.1) is 0 Å². The molecule has 0 unspecified atom stereocenters. The van der Waals surface area contributed by atoms with Gasteiger partial charge >= 0.3 is 0 Å². The van der Waals surface area contributed by atoms with E-state index in [1.165, 1.54) is 23.9 Å². The number of fused-ring (bicyclic) bond motifs is 3. The first-order valence-electron chi connectivity index (χ1n) is 6.94. The summed E-state index contributed by atoms with van der Waals surface area (Å²) in [5.74, 6) is 0. The van der Waals surface area contributed by atoms with E-state index in [-0.39, 0.29) is 5.41 Å². The standard InChI is InChI=1S/C17H23N/c1-16(2,3)14-12-8-6-7-9-13(12)18-11-10-17(4,5)15(14)18/h6-9H,10-11H2,1-5H3. The zero-order valence-corrected chi connectivity index (χ0v) is 12.2. The fourth-order valence-electron chi connectivity index (χ4n) is 3.51. The molecule has 1 aliphatic heterocycles. The van der Waals surface area contributed by atoms with Crippen molar-refractivity contribution in [2.45, 2.75) is 58.4 Å². The van der Waals surface area contributed by atoms with Crippen LogP contribution in [-0.4, -0.2) is 4.57 Å². The van der Waals surface area contributed by atoms with Crippen LogP contribution in [0.4, 0.5) is 0 Å². The maximum atomic E-state index is 2.55. The van der Waals surface area contributed by atoms with E-state index >= 15 is 0 Å². The van der Waals surface area contributed by atoms with Crippen molar-refractivity contribution in [2.24, 2.45) is 0 Å². The lowest BCUT2D eigenvalue weighted by Crippen LogP contribution is -2.21. The number of para-hydroxylation sites is 1. The van der Waals surface area contributed by atoms with Crippen molar-refractivity contribution in [3.8, 4) is 0 Å². The highest BCUT2D eigenvalue weighted by molar-refractivity contribution is 5.87. The highest BCUT2D eigenvalue weighted by Crippen LogP contribution is 2.46. The highest BCUT2D eigenvalue weighted by atomic mass is 15.0. The van der Waals surface area contributed by atoms with Crippen molar-refractivity contribution < 1.29 is 0 Å². The SMILES string of the molecule is CC(C)(C)c1c2n(c3ccccc13)CCC2(C)C. The number of hydrogen-bond acceptors (Lipinski definition) is 0. The van der Waals surface area contributed by atoms with Gasteiger partial charge in [0.2, 0.25) is 0 Å². The van der Waals surface area contributed by atoms with Gasteiger partial charge in [-0.3, -0.25) is 0 Å². The van der Waals surface area contributed by atoms with Crippen molar-refractivity contribution >= 4 is 10.9 Å². The lowest BCUT2D eigenvalue weighted by atomic mass is 9.77. The summed E-state index contributed by atoms with van der Waals surface area (Å²) in [5.41, 5.74) is 5.06. The lowest BCUT2D eigenvalue weighted by molar-refractivity contribution is 0.499. The molecule has 0 amide bonds. The number of aryl methyl sites for hydroxylation is 1. The lowest BCUT2D eigenvalue weighted by Gasteiger charge is -2.26. The Kier molecular flexibility index (Phi) is 2.24. The fraction of sp³-hybridized carbons (Fsp3) is 0.529. The third-order valence-corrected chi connectivity index (χ3v) is 4.32. The Morgan fingerprint density at radius 3 is 2.44 bits per heavy atom.